The highest BCUT2D eigenvalue weighted by Gasteiger charge is 2.23. The number of carbonyl (C=O) groups is 1. The Balaban J connectivity index is 2.01. The van der Waals surface area contributed by atoms with Crippen LogP contribution in [0.1, 0.15) is 28.6 Å². The fourth-order valence-electron chi connectivity index (χ4n) is 2.85. The first kappa shape index (κ1) is 18.5. The minimum absolute atomic E-state index is 0.0846. The molecular formula is C18H21N5O4. The van der Waals surface area contributed by atoms with E-state index in [-0.39, 0.29) is 11.6 Å². The highest BCUT2D eigenvalue weighted by atomic mass is 16.5. The van der Waals surface area contributed by atoms with Gasteiger partial charge in [0.1, 0.15) is 18.5 Å². The summed E-state index contributed by atoms with van der Waals surface area (Å²) in [6, 6.07) is 0.755. The Labute approximate surface area is 156 Å². The van der Waals surface area contributed by atoms with Crippen LogP contribution in [0.2, 0.25) is 0 Å². The number of carbonyl (C=O) groups excluding carboxylic acids is 1. The lowest BCUT2D eigenvalue weighted by Gasteiger charge is -2.21. The Morgan fingerprint density at radius 2 is 2.11 bits per heavy atom. The number of ether oxygens (including phenoxy) is 3. The van der Waals surface area contributed by atoms with E-state index in [0.717, 1.165) is 11.1 Å². The summed E-state index contributed by atoms with van der Waals surface area (Å²) < 4.78 is 16.6. The van der Waals surface area contributed by atoms with Crippen molar-refractivity contribution >= 4 is 17.8 Å². The van der Waals surface area contributed by atoms with Crippen molar-refractivity contribution < 1.29 is 19.0 Å². The zero-order valence-corrected chi connectivity index (χ0v) is 15.1. The smallest absolute Gasteiger partial charge is 0.242 e. The number of anilines is 1. The second-order valence-corrected chi connectivity index (χ2v) is 5.92. The molecule has 0 fully saturated rings. The number of primary amides is 1. The average Bonchev–Trinajstić information content (AvgIpc) is 2.68. The summed E-state index contributed by atoms with van der Waals surface area (Å²) in [6.07, 6.45) is 5.84. The molecule has 1 aliphatic heterocycles. The van der Waals surface area contributed by atoms with E-state index in [1.165, 1.54) is 6.20 Å². The van der Waals surface area contributed by atoms with Crippen molar-refractivity contribution in [3.8, 4) is 17.2 Å². The molecule has 0 saturated heterocycles. The van der Waals surface area contributed by atoms with Crippen LogP contribution in [0.15, 0.2) is 18.3 Å². The van der Waals surface area contributed by atoms with Crippen LogP contribution in [-0.4, -0.2) is 36.7 Å². The van der Waals surface area contributed by atoms with Gasteiger partial charge < -0.3 is 31.4 Å². The number of rotatable bonds is 6. The molecule has 0 radical (unpaired) electrons. The molecule has 1 aromatic carbocycles. The summed E-state index contributed by atoms with van der Waals surface area (Å²) in [7, 11) is 3.12. The van der Waals surface area contributed by atoms with E-state index < -0.39 is 11.9 Å². The van der Waals surface area contributed by atoms with Crippen LogP contribution in [0.5, 0.6) is 17.2 Å². The van der Waals surface area contributed by atoms with Gasteiger partial charge in [0.15, 0.2) is 17.3 Å². The molecule has 9 heteroatoms. The molecule has 0 saturated carbocycles. The van der Waals surface area contributed by atoms with Gasteiger partial charge in [-0.15, -0.1) is 0 Å². The highest BCUT2D eigenvalue weighted by molar-refractivity contribution is 5.80. The first-order valence-corrected chi connectivity index (χ1v) is 8.19. The van der Waals surface area contributed by atoms with Gasteiger partial charge in [-0.25, -0.2) is 9.97 Å². The zero-order chi connectivity index (χ0) is 19.6. The van der Waals surface area contributed by atoms with E-state index in [0.29, 0.717) is 35.8 Å². The molecule has 2 aromatic rings. The number of nitrogen functional groups attached to an aromatic ring is 1. The fraction of sp³-hybridized carbons (Fsp3) is 0.278. The van der Waals surface area contributed by atoms with Gasteiger partial charge in [0.05, 0.1) is 14.2 Å². The SMILES string of the molecule is COc1cc(Cc2cnc(C(N)C(N)=O)nc2N)c2c(c1OC)OCC=C2. The zero-order valence-electron chi connectivity index (χ0n) is 15.1. The molecule has 6 N–H and O–H groups in total. The van der Waals surface area contributed by atoms with Gasteiger partial charge in [0, 0.05) is 23.7 Å². The summed E-state index contributed by atoms with van der Waals surface area (Å²) in [5, 5.41) is 0. The van der Waals surface area contributed by atoms with Gasteiger partial charge in [0.25, 0.3) is 0 Å². The summed E-state index contributed by atoms with van der Waals surface area (Å²) in [5.41, 5.74) is 19.3. The normalized spacial score (nSPS) is 13.4. The third-order valence-electron chi connectivity index (χ3n) is 4.24. The third-order valence-corrected chi connectivity index (χ3v) is 4.24. The Morgan fingerprint density at radius 1 is 1.33 bits per heavy atom. The van der Waals surface area contributed by atoms with E-state index in [1.54, 1.807) is 14.2 Å². The molecule has 1 unspecified atom stereocenters. The summed E-state index contributed by atoms with van der Waals surface area (Å²) >= 11 is 0. The number of nitrogens with zero attached hydrogens (tertiary/aromatic N) is 2. The maximum Gasteiger partial charge on any atom is 0.242 e. The Bertz CT molecular complexity index is 913. The number of nitrogens with two attached hydrogens (primary N) is 3. The van der Waals surface area contributed by atoms with Crippen LogP contribution in [-0.2, 0) is 11.2 Å². The van der Waals surface area contributed by atoms with Gasteiger partial charge in [-0.05, 0) is 17.7 Å². The monoisotopic (exact) mass is 371 g/mol. The molecule has 3 rings (SSSR count). The maximum absolute atomic E-state index is 11.2. The number of aromatic nitrogens is 2. The van der Waals surface area contributed by atoms with E-state index in [2.05, 4.69) is 9.97 Å². The van der Waals surface area contributed by atoms with E-state index in [1.807, 2.05) is 18.2 Å². The second kappa shape index (κ2) is 7.50. The largest absolute Gasteiger partial charge is 0.493 e. The number of benzene rings is 1. The molecular weight excluding hydrogens is 350 g/mol. The minimum atomic E-state index is -1.11. The molecule has 2 heterocycles. The van der Waals surface area contributed by atoms with Crippen molar-refractivity contribution in [3.63, 3.8) is 0 Å². The molecule has 0 aliphatic carbocycles. The third kappa shape index (κ3) is 3.49. The van der Waals surface area contributed by atoms with E-state index >= 15 is 0 Å². The molecule has 142 valence electrons. The molecule has 1 aromatic heterocycles. The van der Waals surface area contributed by atoms with Gasteiger partial charge in [-0.3, -0.25) is 4.79 Å². The predicted molar refractivity (Wildman–Crippen MR) is 99.4 cm³/mol. The second-order valence-electron chi connectivity index (χ2n) is 5.92. The van der Waals surface area contributed by atoms with Gasteiger partial charge in [0.2, 0.25) is 11.7 Å². The Hall–Kier alpha value is -3.33. The van der Waals surface area contributed by atoms with Crippen LogP contribution in [0.4, 0.5) is 5.82 Å². The van der Waals surface area contributed by atoms with Crippen molar-refractivity contribution in [2.75, 3.05) is 26.6 Å². The predicted octanol–water partition coefficient (Wildman–Crippen LogP) is 0.558. The minimum Gasteiger partial charge on any atom is -0.493 e. The summed E-state index contributed by atoms with van der Waals surface area (Å²) in [4.78, 5) is 19.4. The first-order valence-electron chi connectivity index (χ1n) is 8.19. The Morgan fingerprint density at radius 3 is 2.74 bits per heavy atom. The topological polar surface area (TPSA) is 149 Å². The lowest BCUT2D eigenvalue weighted by molar-refractivity contribution is -0.119. The van der Waals surface area contributed by atoms with Gasteiger partial charge in [-0.1, -0.05) is 6.08 Å². The fourth-order valence-corrected chi connectivity index (χ4v) is 2.85. The standard InChI is InChI=1S/C18H21N5O4/c1-25-12-7-9(11-4-3-5-27-14(11)15(12)26-2)6-10-8-22-18(23-16(10)20)13(19)17(21)24/h3-4,7-8,13H,5-6,19H2,1-2H3,(H2,21,24)(H2,20,22,23). The number of fused-ring (bicyclic) bond motifs is 1. The van der Waals surface area contributed by atoms with Crippen LogP contribution in [0.25, 0.3) is 6.08 Å². The quantitative estimate of drug-likeness (QED) is 0.667. The number of hydrogen-bond donors (Lipinski definition) is 3. The van der Waals surface area contributed by atoms with E-state index in [9.17, 15) is 4.79 Å². The molecule has 27 heavy (non-hydrogen) atoms. The summed E-state index contributed by atoms with van der Waals surface area (Å²) in [5.74, 6) is 1.28. The Kier molecular flexibility index (Phi) is 5.13. The van der Waals surface area contributed by atoms with Gasteiger partial charge in [-0.2, -0.15) is 0 Å². The number of hydrogen-bond acceptors (Lipinski definition) is 8. The van der Waals surface area contributed by atoms with Crippen molar-refractivity contribution in [3.05, 3.63) is 40.9 Å². The van der Waals surface area contributed by atoms with Crippen molar-refractivity contribution in [1.29, 1.82) is 0 Å². The van der Waals surface area contributed by atoms with Crippen LogP contribution in [0, 0.1) is 0 Å². The van der Waals surface area contributed by atoms with Crippen LogP contribution < -0.4 is 31.4 Å². The molecule has 0 spiro atoms. The first-order chi connectivity index (χ1) is 13.0. The van der Waals surface area contributed by atoms with E-state index in [4.69, 9.17) is 31.4 Å². The van der Waals surface area contributed by atoms with Crippen LogP contribution >= 0.6 is 0 Å². The molecule has 0 bridgehead atoms. The number of methoxy groups -OCH3 is 2. The summed E-state index contributed by atoms with van der Waals surface area (Å²) in [6.45, 7) is 0.445. The average molecular weight is 371 g/mol. The maximum atomic E-state index is 11.2. The van der Waals surface area contributed by atoms with Gasteiger partial charge >= 0.3 is 0 Å². The van der Waals surface area contributed by atoms with Crippen molar-refractivity contribution in [2.45, 2.75) is 12.5 Å². The van der Waals surface area contributed by atoms with Crippen LogP contribution in [0.3, 0.4) is 0 Å². The molecule has 1 atom stereocenters. The molecule has 1 amide bonds. The highest BCUT2D eigenvalue weighted by Crippen LogP contribution is 2.44. The lowest BCUT2D eigenvalue weighted by Crippen LogP contribution is -2.30. The lowest BCUT2D eigenvalue weighted by atomic mass is 9.97. The van der Waals surface area contributed by atoms with Crippen molar-refractivity contribution in [1.82, 2.24) is 9.97 Å². The number of amides is 1. The van der Waals surface area contributed by atoms with Crippen molar-refractivity contribution in [2.24, 2.45) is 11.5 Å². The molecule has 1 aliphatic rings. The molecule has 9 nitrogen and oxygen atoms in total.